The fourth-order valence-electron chi connectivity index (χ4n) is 4.69. The summed E-state index contributed by atoms with van der Waals surface area (Å²) in [6, 6.07) is 7.26. The van der Waals surface area contributed by atoms with Crippen molar-refractivity contribution in [3.05, 3.63) is 52.5 Å². The standard InChI is InChI=1S/C33H42F3NO8/c1-8-22-9-10-23(18-26(22)45-33(34,35)36)25-17-24-19-28(37-20-27(24)44-29(25)38)42-15-13-40-11-12-41-14-16-43-30(39)32(6,7)21(2)31(3,4)5/h9-10,17-21H,8,11-16H2,1-7H3. The maximum atomic E-state index is 12.9. The SMILES string of the molecule is CCc1ccc(-c2cc3cc(OCCOCCOCCOC(=O)C(C)(C)C(C)C(C)(C)C)ncc3oc2=O)cc1OC(F)(F)F. The second-order valence-corrected chi connectivity index (χ2v) is 12.3. The molecule has 0 aliphatic carbocycles. The number of esters is 1. The quantitative estimate of drug-likeness (QED) is 0.129. The molecule has 45 heavy (non-hydrogen) atoms. The van der Waals surface area contributed by atoms with E-state index in [4.69, 9.17) is 23.4 Å². The van der Waals surface area contributed by atoms with E-state index in [0.717, 1.165) is 0 Å². The second-order valence-electron chi connectivity index (χ2n) is 12.3. The molecule has 0 fully saturated rings. The van der Waals surface area contributed by atoms with Crippen LogP contribution in [0.1, 0.15) is 54.0 Å². The molecule has 0 radical (unpaired) electrons. The molecule has 0 saturated heterocycles. The van der Waals surface area contributed by atoms with Crippen LogP contribution >= 0.6 is 0 Å². The van der Waals surface area contributed by atoms with Crippen molar-refractivity contribution in [2.24, 2.45) is 16.7 Å². The van der Waals surface area contributed by atoms with E-state index in [1.807, 2.05) is 13.8 Å². The van der Waals surface area contributed by atoms with Crippen molar-refractivity contribution in [3.8, 4) is 22.8 Å². The fraction of sp³-hybridized carbons (Fsp3) is 0.545. The molecule has 0 spiro atoms. The molecule has 3 rings (SSSR count). The van der Waals surface area contributed by atoms with Gasteiger partial charge in [0.2, 0.25) is 5.88 Å². The van der Waals surface area contributed by atoms with E-state index in [9.17, 15) is 22.8 Å². The van der Waals surface area contributed by atoms with Crippen molar-refractivity contribution in [2.45, 2.75) is 61.2 Å². The summed E-state index contributed by atoms with van der Waals surface area (Å²) in [5.74, 6) is -0.257. The molecule has 248 valence electrons. The van der Waals surface area contributed by atoms with E-state index in [0.29, 0.717) is 30.6 Å². The van der Waals surface area contributed by atoms with Crippen molar-refractivity contribution >= 4 is 16.9 Å². The minimum atomic E-state index is -4.87. The van der Waals surface area contributed by atoms with E-state index in [1.165, 1.54) is 24.4 Å². The van der Waals surface area contributed by atoms with Crippen LogP contribution in [0, 0.1) is 16.7 Å². The summed E-state index contributed by atoms with van der Waals surface area (Å²) in [5, 5.41) is 0.471. The Labute approximate surface area is 261 Å². The molecule has 2 aromatic heterocycles. The van der Waals surface area contributed by atoms with Crippen LogP contribution < -0.4 is 15.1 Å². The predicted octanol–water partition coefficient (Wildman–Crippen LogP) is 6.98. The molecule has 0 saturated carbocycles. The van der Waals surface area contributed by atoms with Crippen molar-refractivity contribution in [3.63, 3.8) is 0 Å². The first-order valence-corrected chi connectivity index (χ1v) is 14.8. The monoisotopic (exact) mass is 637 g/mol. The third kappa shape index (κ3) is 10.2. The Bertz CT molecular complexity index is 1490. The third-order valence-electron chi connectivity index (χ3n) is 7.80. The Hall–Kier alpha value is -3.64. The molecule has 0 amide bonds. The van der Waals surface area contributed by atoms with Gasteiger partial charge in [0.25, 0.3) is 0 Å². The van der Waals surface area contributed by atoms with Gasteiger partial charge in [-0.3, -0.25) is 4.79 Å². The number of pyridine rings is 1. The predicted molar refractivity (Wildman–Crippen MR) is 162 cm³/mol. The number of halogens is 3. The highest BCUT2D eigenvalue weighted by Gasteiger charge is 2.41. The van der Waals surface area contributed by atoms with Gasteiger partial charge in [-0.1, -0.05) is 46.8 Å². The normalized spacial score (nSPS) is 13.1. The van der Waals surface area contributed by atoms with Gasteiger partial charge in [0.15, 0.2) is 5.58 Å². The van der Waals surface area contributed by atoms with Crippen LogP contribution in [-0.4, -0.2) is 57.0 Å². The van der Waals surface area contributed by atoms with Crippen molar-refractivity contribution in [1.82, 2.24) is 4.98 Å². The summed E-state index contributed by atoms with van der Waals surface area (Å²) < 4.78 is 70.3. The smallest absolute Gasteiger partial charge is 0.475 e. The molecule has 0 aliphatic rings. The third-order valence-corrected chi connectivity index (χ3v) is 7.80. The van der Waals surface area contributed by atoms with Crippen LogP contribution in [0.5, 0.6) is 11.6 Å². The zero-order chi connectivity index (χ0) is 33.4. The molecule has 3 aromatic rings. The van der Waals surface area contributed by atoms with Gasteiger partial charge in [0.05, 0.1) is 43.6 Å². The minimum absolute atomic E-state index is 0.0292. The van der Waals surface area contributed by atoms with Gasteiger partial charge in [-0.2, -0.15) is 0 Å². The van der Waals surface area contributed by atoms with Gasteiger partial charge in [-0.25, -0.2) is 9.78 Å². The topological polar surface area (TPSA) is 106 Å². The molecule has 0 aliphatic heterocycles. The Balaban J connectivity index is 1.46. The summed E-state index contributed by atoms with van der Waals surface area (Å²) in [6.45, 7) is 15.3. The molecular weight excluding hydrogens is 595 g/mol. The highest BCUT2D eigenvalue weighted by Crippen LogP contribution is 2.40. The number of aromatic nitrogens is 1. The number of hydrogen-bond acceptors (Lipinski definition) is 9. The van der Waals surface area contributed by atoms with Gasteiger partial charge in [0, 0.05) is 11.5 Å². The number of carbonyl (C=O) groups excluding carboxylic acids is 1. The van der Waals surface area contributed by atoms with Crippen molar-refractivity contribution in [1.29, 1.82) is 0 Å². The first-order chi connectivity index (χ1) is 21.0. The maximum absolute atomic E-state index is 12.9. The van der Waals surface area contributed by atoms with Gasteiger partial charge in [0.1, 0.15) is 19.0 Å². The lowest BCUT2D eigenvalue weighted by Crippen LogP contribution is -2.40. The van der Waals surface area contributed by atoms with E-state index in [-0.39, 0.29) is 72.1 Å². The first kappa shape index (κ1) is 35.8. The molecule has 1 aromatic carbocycles. The summed E-state index contributed by atoms with van der Waals surface area (Å²) in [7, 11) is 0. The number of hydrogen-bond donors (Lipinski definition) is 0. The van der Waals surface area contributed by atoms with Crippen LogP contribution in [0.4, 0.5) is 13.2 Å². The van der Waals surface area contributed by atoms with E-state index in [2.05, 4.69) is 37.4 Å². The van der Waals surface area contributed by atoms with E-state index >= 15 is 0 Å². The summed E-state index contributed by atoms with van der Waals surface area (Å²) in [6.07, 6.45) is -3.22. The van der Waals surface area contributed by atoms with Crippen LogP contribution in [-0.2, 0) is 25.4 Å². The Kier molecular flexibility index (Phi) is 12.0. The fourth-order valence-corrected chi connectivity index (χ4v) is 4.69. The average molecular weight is 638 g/mol. The summed E-state index contributed by atoms with van der Waals surface area (Å²) in [5.41, 5.74) is -0.547. The molecule has 0 bridgehead atoms. The Morgan fingerprint density at radius 3 is 2.20 bits per heavy atom. The molecule has 2 heterocycles. The molecule has 9 nitrogen and oxygen atoms in total. The van der Waals surface area contributed by atoms with Crippen LogP contribution in [0.25, 0.3) is 22.1 Å². The number of carbonyl (C=O) groups is 1. The van der Waals surface area contributed by atoms with Gasteiger partial charge >= 0.3 is 18.0 Å². The lowest BCUT2D eigenvalue weighted by atomic mass is 9.67. The zero-order valence-corrected chi connectivity index (χ0v) is 26.8. The maximum Gasteiger partial charge on any atom is 0.573 e. The van der Waals surface area contributed by atoms with Crippen molar-refractivity contribution < 1.29 is 46.1 Å². The minimum Gasteiger partial charge on any atom is -0.475 e. The number of ether oxygens (including phenoxy) is 5. The Morgan fingerprint density at radius 1 is 0.933 bits per heavy atom. The average Bonchev–Trinajstić information content (AvgIpc) is 2.95. The van der Waals surface area contributed by atoms with Crippen molar-refractivity contribution in [2.75, 3.05) is 39.6 Å². The van der Waals surface area contributed by atoms with Gasteiger partial charge in [-0.05, 0) is 54.9 Å². The summed E-state index contributed by atoms with van der Waals surface area (Å²) >= 11 is 0. The van der Waals surface area contributed by atoms with Gasteiger partial charge < -0.3 is 28.1 Å². The van der Waals surface area contributed by atoms with Crippen LogP contribution in [0.3, 0.4) is 0 Å². The molecule has 1 atom stereocenters. The lowest BCUT2D eigenvalue weighted by Gasteiger charge is -2.38. The highest BCUT2D eigenvalue weighted by atomic mass is 19.4. The number of rotatable bonds is 15. The molecule has 12 heteroatoms. The second kappa shape index (κ2) is 15.1. The first-order valence-electron chi connectivity index (χ1n) is 14.8. The van der Waals surface area contributed by atoms with Crippen LogP contribution in [0.2, 0.25) is 0 Å². The number of nitrogens with zero attached hydrogens (tertiary/aromatic N) is 1. The van der Waals surface area contributed by atoms with E-state index in [1.54, 1.807) is 19.1 Å². The largest absolute Gasteiger partial charge is 0.573 e. The molecular formula is C33H42F3NO8. The molecule has 1 unspecified atom stereocenters. The highest BCUT2D eigenvalue weighted by molar-refractivity contribution is 5.82. The van der Waals surface area contributed by atoms with Crippen LogP contribution in [0.15, 0.2) is 45.7 Å². The summed E-state index contributed by atoms with van der Waals surface area (Å²) in [4.78, 5) is 29.3. The molecule has 0 N–H and O–H groups in total. The zero-order valence-electron chi connectivity index (χ0n) is 26.8. The number of aryl methyl sites for hydroxylation is 1. The van der Waals surface area contributed by atoms with Gasteiger partial charge in [-0.15, -0.1) is 13.2 Å². The van der Waals surface area contributed by atoms with E-state index < -0.39 is 17.4 Å². The number of fused-ring (bicyclic) bond motifs is 1. The Morgan fingerprint density at radius 2 is 1.58 bits per heavy atom. The number of alkyl halides is 3. The number of benzene rings is 1. The lowest BCUT2D eigenvalue weighted by molar-refractivity contribution is -0.274.